The van der Waals surface area contributed by atoms with Gasteiger partial charge in [-0.15, -0.1) is 0 Å². The van der Waals surface area contributed by atoms with Crippen molar-refractivity contribution < 1.29 is 32.9 Å². The summed E-state index contributed by atoms with van der Waals surface area (Å²) in [5.41, 5.74) is 3.17. The lowest BCUT2D eigenvalue weighted by Crippen LogP contribution is -2.33. The van der Waals surface area contributed by atoms with Crippen molar-refractivity contribution in [2.75, 3.05) is 13.1 Å². The van der Waals surface area contributed by atoms with E-state index in [0.717, 1.165) is 55.5 Å². The molecule has 2 aromatic rings. The normalized spacial score (nSPS) is 19.7. The number of aliphatic carboxylic acids is 1. The van der Waals surface area contributed by atoms with E-state index in [0.29, 0.717) is 17.9 Å². The fourth-order valence-corrected chi connectivity index (χ4v) is 3.27. The van der Waals surface area contributed by atoms with Crippen molar-refractivity contribution in [1.29, 1.82) is 0 Å². The van der Waals surface area contributed by atoms with Crippen molar-refractivity contribution in [2.24, 2.45) is 5.92 Å². The molecule has 1 aliphatic heterocycles. The summed E-state index contributed by atoms with van der Waals surface area (Å²) in [7, 11) is 0. The number of pyridine rings is 1. The van der Waals surface area contributed by atoms with Gasteiger partial charge in [0.2, 0.25) is 5.88 Å². The minimum absolute atomic E-state index is 0.310. The molecular weight excluding hydrogens is 413 g/mol. The van der Waals surface area contributed by atoms with Crippen LogP contribution in [0.2, 0.25) is 0 Å². The number of hydrogen-bond donors (Lipinski definition) is 3. The summed E-state index contributed by atoms with van der Waals surface area (Å²) in [6.45, 7) is 1.96. The molecule has 4 rings (SSSR count). The Bertz CT molecular complexity index is 847. The van der Waals surface area contributed by atoms with Gasteiger partial charge in [0.15, 0.2) is 0 Å². The van der Waals surface area contributed by atoms with E-state index in [1.54, 1.807) is 0 Å². The fourth-order valence-electron chi connectivity index (χ4n) is 3.27. The molecule has 1 aromatic heterocycles. The molecule has 1 saturated carbocycles. The summed E-state index contributed by atoms with van der Waals surface area (Å²) >= 11 is 0. The van der Waals surface area contributed by atoms with Crippen LogP contribution >= 0.6 is 0 Å². The average molecular weight is 438 g/mol. The molecule has 2 heterocycles. The molecule has 0 radical (unpaired) electrons. The number of aliphatic hydroxyl groups excluding tert-OH is 1. The van der Waals surface area contributed by atoms with Crippen LogP contribution in [-0.2, 0) is 4.79 Å². The molecule has 0 spiro atoms. The average Bonchev–Trinajstić information content (AvgIpc) is 3.58. The number of nitrogens with one attached hydrogen (secondary N) is 1. The highest BCUT2D eigenvalue weighted by atomic mass is 19.4. The number of benzene rings is 1. The number of carboxylic acids is 1. The highest BCUT2D eigenvalue weighted by Gasteiger charge is 2.38. The van der Waals surface area contributed by atoms with Crippen LogP contribution in [0.15, 0.2) is 42.6 Å². The second kappa shape index (κ2) is 10.1. The van der Waals surface area contributed by atoms with Crippen LogP contribution in [0.4, 0.5) is 13.2 Å². The summed E-state index contributed by atoms with van der Waals surface area (Å²) < 4.78 is 37.4. The monoisotopic (exact) mass is 438 g/mol. The Morgan fingerprint density at radius 2 is 1.74 bits per heavy atom. The van der Waals surface area contributed by atoms with E-state index in [4.69, 9.17) is 14.6 Å². The first kappa shape index (κ1) is 23.0. The summed E-state index contributed by atoms with van der Waals surface area (Å²) in [5.74, 6) is -1.74. The summed E-state index contributed by atoms with van der Waals surface area (Å²) in [6.07, 6.45) is 1.27. The first-order valence-electron chi connectivity index (χ1n) is 10.2. The van der Waals surface area contributed by atoms with Crippen LogP contribution in [0.1, 0.15) is 37.4 Å². The second-order valence-corrected chi connectivity index (χ2v) is 7.68. The summed E-state index contributed by atoms with van der Waals surface area (Å²) in [4.78, 5) is 13.3. The number of aromatic nitrogens is 1. The number of carbonyl (C=O) groups is 1. The number of alkyl halides is 3. The van der Waals surface area contributed by atoms with Crippen molar-refractivity contribution in [3.63, 3.8) is 0 Å². The van der Waals surface area contributed by atoms with Crippen molar-refractivity contribution in [3.8, 4) is 17.0 Å². The van der Waals surface area contributed by atoms with Crippen LogP contribution in [-0.4, -0.2) is 46.5 Å². The Morgan fingerprint density at radius 3 is 2.23 bits per heavy atom. The zero-order valence-corrected chi connectivity index (χ0v) is 16.8. The van der Waals surface area contributed by atoms with Gasteiger partial charge < -0.3 is 20.3 Å². The van der Waals surface area contributed by atoms with E-state index in [9.17, 15) is 18.3 Å². The molecule has 0 bridgehead atoms. The predicted molar refractivity (Wildman–Crippen MR) is 108 cm³/mol. The van der Waals surface area contributed by atoms with Gasteiger partial charge >= 0.3 is 12.1 Å². The lowest BCUT2D eigenvalue weighted by atomic mass is 9.89. The molecule has 31 heavy (non-hydrogen) atoms. The minimum atomic E-state index is -5.08. The largest absolute Gasteiger partial charge is 0.490 e. The maximum Gasteiger partial charge on any atom is 0.490 e. The van der Waals surface area contributed by atoms with Crippen LogP contribution in [0.5, 0.6) is 5.88 Å². The molecular formula is C22H25F3N2O4. The third-order valence-corrected chi connectivity index (χ3v) is 5.16. The molecule has 6 nitrogen and oxygen atoms in total. The number of halogens is 3. The maximum absolute atomic E-state index is 10.6. The maximum atomic E-state index is 10.6. The molecule has 2 aliphatic rings. The van der Waals surface area contributed by atoms with Crippen LogP contribution in [0.25, 0.3) is 11.1 Å². The molecule has 1 saturated heterocycles. The number of rotatable bonds is 5. The van der Waals surface area contributed by atoms with Gasteiger partial charge in [0.1, 0.15) is 6.10 Å². The third-order valence-electron chi connectivity index (χ3n) is 5.16. The summed E-state index contributed by atoms with van der Waals surface area (Å²) in [6, 6.07) is 12.2. The van der Waals surface area contributed by atoms with E-state index in [2.05, 4.69) is 22.4 Å². The van der Waals surface area contributed by atoms with Crippen molar-refractivity contribution in [3.05, 3.63) is 48.2 Å². The molecule has 3 N–H and O–H groups in total. The highest BCUT2D eigenvalue weighted by molar-refractivity contribution is 5.73. The molecule has 2 fully saturated rings. The Labute approximate surface area is 178 Å². The lowest BCUT2D eigenvalue weighted by Gasteiger charge is -2.27. The van der Waals surface area contributed by atoms with Gasteiger partial charge in [-0.3, -0.25) is 0 Å². The molecule has 168 valence electrons. The molecule has 2 unspecified atom stereocenters. The molecule has 9 heteroatoms. The quantitative estimate of drug-likeness (QED) is 0.655. The van der Waals surface area contributed by atoms with Crippen LogP contribution < -0.4 is 10.1 Å². The number of ether oxygens (including phenoxy) is 1. The number of hydrogen-bond acceptors (Lipinski definition) is 5. The Balaban J connectivity index is 0.000000339. The highest BCUT2D eigenvalue weighted by Crippen LogP contribution is 2.30. The van der Waals surface area contributed by atoms with E-state index in [-0.39, 0.29) is 6.10 Å². The zero-order chi connectivity index (χ0) is 22.4. The Kier molecular flexibility index (Phi) is 7.50. The van der Waals surface area contributed by atoms with Crippen molar-refractivity contribution >= 4 is 5.97 Å². The smallest absolute Gasteiger partial charge is 0.475 e. The summed E-state index contributed by atoms with van der Waals surface area (Å²) in [5, 5.41) is 21.1. The third kappa shape index (κ3) is 6.93. The van der Waals surface area contributed by atoms with E-state index in [1.165, 1.54) is 0 Å². The SMILES string of the molecule is O=C(O)C(F)(F)F.OC(c1ccc(-c2ccc(OC3CC3)nc2)cc1)C1CCCNC1. The first-order chi connectivity index (χ1) is 14.7. The lowest BCUT2D eigenvalue weighted by molar-refractivity contribution is -0.192. The van der Waals surface area contributed by atoms with Gasteiger partial charge in [-0.1, -0.05) is 24.3 Å². The molecule has 1 aromatic carbocycles. The predicted octanol–water partition coefficient (Wildman–Crippen LogP) is 3.96. The van der Waals surface area contributed by atoms with Gasteiger partial charge in [-0.2, -0.15) is 13.2 Å². The topological polar surface area (TPSA) is 91.7 Å². The number of aliphatic hydroxyl groups is 1. The fraction of sp³-hybridized carbons (Fsp3) is 0.455. The number of piperidine rings is 1. The van der Waals surface area contributed by atoms with E-state index in [1.807, 2.05) is 30.5 Å². The molecule has 1 aliphatic carbocycles. The van der Waals surface area contributed by atoms with Crippen molar-refractivity contribution in [2.45, 2.75) is 44.1 Å². The van der Waals surface area contributed by atoms with Crippen LogP contribution in [0, 0.1) is 5.92 Å². The van der Waals surface area contributed by atoms with Crippen molar-refractivity contribution in [1.82, 2.24) is 10.3 Å². The van der Waals surface area contributed by atoms with E-state index >= 15 is 0 Å². The Hall–Kier alpha value is -2.65. The zero-order valence-electron chi connectivity index (χ0n) is 16.8. The minimum Gasteiger partial charge on any atom is -0.475 e. The van der Waals surface area contributed by atoms with Gasteiger partial charge in [0.05, 0.1) is 6.10 Å². The standard InChI is InChI=1S/C20H24N2O2.C2HF3O2/c23-20(17-2-1-11-21-12-17)15-5-3-14(4-6-15)16-7-10-19(22-13-16)24-18-8-9-18;3-2(4,5)1(6)7/h3-7,10,13,17-18,20-21,23H,1-2,8-9,11-12H2;(H,6,7). The van der Waals surface area contributed by atoms with Gasteiger partial charge in [-0.25, -0.2) is 9.78 Å². The van der Waals surface area contributed by atoms with Gasteiger partial charge in [-0.05, 0) is 49.4 Å². The molecule has 0 amide bonds. The Morgan fingerprint density at radius 1 is 1.10 bits per heavy atom. The number of nitrogens with zero attached hydrogens (tertiary/aromatic N) is 1. The second-order valence-electron chi connectivity index (χ2n) is 7.68. The van der Waals surface area contributed by atoms with Gasteiger partial charge in [0.25, 0.3) is 0 Å². The molecule has 2 atom stereocenters. The van der Waals surface area contributed by atoms with Gasteiger partial charge in [0, 0.05) is 30.3 Å². The first-order valence-corrected chi connectivity index (χ1v) is 10.2. The van der Waals surface area contributed by atoms with Crippen LogP contribution in [0.3, 0.4) is 0 Å². The van der Waals surface area contributed by atoms with E-state index < -0.39 is 12.1 Å². The number of carboxylic acid groups (broad SMARTS) is 1.